The molecule has 0 aromatic carbocycles. The summed E-state index contributed by atoms with van der Waals surface area (Å²) in [6.07, 6.45) is 9.93. The number of ether oxygens (including phenoxy) is 1. The van der Waals surface area contributed by atoms with Gasteiger partial charge in [-0.15, -0.1) is 0 Å². The van der Waals surface area contributed by atoms with Crippen molar-refractivity contribution >= 4 is 0 Å². The molecule has 0 aromatic rings. The van der Waals surface area contributed by atoms with Gasteiger partial charge in [-0.05, 0) is 25.7 Å². The highest BCUT2D eigenvalue weighted by molar-refractivity contribution is 4.98. The number of nitrogens with two attached hydrogens (primary N) is 1. The molecule has 0 bridgehead atoms. The van der Waals surface area contributed by atoms with E-state index in [4.69, 9.17) is 10.6 Å². The number of methoxy groups -OCH3 is 1. The van der Waals surface area contributed by atoms with Crippen LogP contribution in [0.25, 0.3) is 0 Å². The van der Waals surface area contributed by atoms with Crippen molar-refractivity contribution in [3.63, 3.8) is 0 Å². The molecule has 0 spiro atoms. The van der Waals surface area contributed by atoms with E-state index in [9.17, 15) is 0 Å². The maximum absolute atomic E-state index is 5.64. The fourth-order valence-electron chi connectivity index (χ4n) is 2.49. The highest BCUT2D eigenvalue weighted by atomic mass is 16.5. The van der Waals surface area contributed by atoms with Gasteiger partial charge < -0.3 is 4.74 Å². The van der Waals surface area contributed by atoms with Crippen LogP contribution in [0.2, 0.25) is 0 Å². The summed E-state index contributed by atoms with van der Waals surface area (Å²) < 4.78 is 5.64. The van der Waals surface area contributed by atoms with Crippen LogP contribution in [-0.2, 0) is 4.74 Å². The number of unbranched alkanes of at least 4 members (excludes halogenated alkanes) is 3. The third kappa shape index (κ3) is 3.16. The van der Waals surface area contributed by atoms with E-state index in [0.717, 1.165) is 19.3 Å². The predicted octanol–water partition coefficient (Wildman–Crippen LogP) is 2.36. The van der Waals surface area contributed by atoms with Gasteiger partial charge in [0.1, 0.15) is 0 Å². The van der Waals surface area contributed by atoms with Crippen LogP contribution in [0.4, 0.5) is 0 Å². The molecule has 0 aromatic heterocycles. The van der Waals surface area contributed by atoms with E-state index >= 15 is 0 Å². The van der Waals surface area contributed by atoms with E-state index in [-0.39, 0.29) is 5.60 Å². The van der Waals surface area contributed by atoms with E-state index in [1.807, 2.05) is 7.11 Å². The van der Waals surface area contributed by atoms with Crippen LogP contribution < -0.4 is 11.3 Å². The van der Waals surface area contributed by atoms with Gasteiger partial charge in [0, 0.05) is 7.11 Å². The zero-order valence-corrected chi connectivity index (χ0v) is 10.2. The number of hydrazine groups is 1. The molecule has 1 unspecified atom stereocenters. The highest BCUT2D eigenvalue weighted by Gasteiger charge is 2.43. The van der Waals surface area contributed by atoms with Gasteiger partial charge in [0.25, 0.3) is 0 Å². The maximum Gasteiger partial charge on any atom is 0.0844 e. The van der Waals surface area contributed by atoms with Crippen LogP contribution in [0.15, 0.2) is 0 Å². The van der Waals surface area contributed by atoms with Crippen molar-refractivity contribution in [1.29, 1.82) is 0 Å². The molecule has 3 heteroatoms. The second-order valence-electron chi connectivity index (χ2n) is 4.69. The summed E-state index contributed by atoms with van der Waals surface area (Å²) in [5.74, 6) is 5.63. The minimum absolute atomic E-state index is 0.0426. The first-order valence-electron chi connectivity index (χ1n) is 6.30. The third-order valence-electron chi connectivity index (χ3n) is 3.79. The minimum Gasteiger partial charge on any atom is -0.377 e. The van der Waals surface area contributed by atoms with E-state index in [2.05, 4.69) is 12.3 Å². The molecular weight excluding hydrogens is 188 g/mol. The van der Waals surface area contributed by atoms with Crippen LogP contribution in [0, 0.1) is 0 Å². The van der Waals surface area contributed by atoms with Crippen LogP contribution in [0.5, 0.6) is 0 Å². The Morgan fingerprint density at radius 1 is 1.33 bits per heavy atom. The van der Waals surface area contributed by atoms with Crippen molar-refractivity contribution in [1.82, 2.24) is 5.43 Å². The van der Waals surface area contributed by atoms with Gasteiger partial charge in [0.2, 0.25) is 0 Å². The van der Waals surface area contributed by atoms with Gasteiger partial charge in [0.05, 0.1) is 11.6 Å². The van der Waals surface area contributed by atoms with Crippen LogP contribution in [-0.4, -0.2) is 18.8 Å². The van der Waals surface area contributed by atoms with Gasteiger partial charge in [-0.25, -0.2) is 0 Å². The van der Waals surface area contributed by atoms with Gasteiger partial charge >= 0.3 is 0 Å². The van der Waals surface area contributed by atoms with E-state index in [0.29, 0.717) is 6.04 Å². The van der Waals surface area contributed by atoms with Crippen molar-refractivity contribution in [2.24, 2.45) is 5.84 Å². The van der Waals surface area contributed by atoms with Gasteiger partial charge in [-0.2, -0.15) is 0 Å². The molecule has 1 rings (SSSR count). The summed E-state index contributed by atoms with van der Waals surface area (Å²) >= 11 is 0. The van der Waals surface area contributed by atoms with Gasteiger partial charge in [-0.3, -0.25) is 11.3 Å². The number of hydrogen-bond donors (Lipinski definition) is 2. The predicted molar refractivity (Wildman–Crippen MR) is 63.5 cm³/mol. The fraction of sp³-hybridized carbons (Fsp3) is 1.00. The van der Waals surface area contributed by atoms with Crippen LogP contribution in [0.1, 0.15) is 58.3 Å². The Morgan fingerprint density at radius 3 is 2.47 bits per heavy atom. The standard InChI is InChI=1S/C12H26N2O/c1-3-4-5-6-8-11(14-13)12(15-2)9-7-10-12/h11,14H,3-10,13H2,1-2H3. The average Bonchev–Trinajstić information content (AvgIpc) is 2.20. The molecule has 15 heavy (non-hydrogen) atoms. The molecule has 1 aliphatic carbocycles. The lowest BCUT2D eigenvalue weighted by Gasteiger charge is -2.46. The monoisotopic (exact) mass is 214 g/mol. The largest absolute Gasteiger partial charge is 0.377 e. The molecule has 0 saturated heterocycles. The molecule has 90 valence electrons. The Bertz CT molecular complexity index is 163. The summed E-state index contributed by atoms with van der Waals surface area (Å²) in [5, 5.41) is 0. The van der Waals surface area contributed by atoms with Gasteiger partial charge in [-0.1, -0.05) is 32.6 Å². The lowest BCUT2D eigenvalue weighted by Crippen LogP contribution is -2.58. The van der Waals surface area contributed by atoms with Crippen molar-refractivity contribution in [2.75, 3.05) is 7.11 Å². The average molecular weight is 214 g/mol. The maximum atomic E-state index is 5.64. The first kappa shape index (κ1) is 12.9. The molecule has 1 aliphatic rings. The quantitative estimate of drug-likeness (QED) is 0.370. The fourth-order valence-corrected chi connectivity index (χ4v) is 2.49. The molecule has 0 radical (unpaired) electrons. The molecule has 0 heterocycles. The van der Waals surface area contributed by atoms with E-state index in [1.165, 1.54) is 32.1 Å². The van der Waals surface area contributed by atoms with Crippen molar-refractivity contribution in [2.45, 2.75) is 69.9 Å². The number of nitrogens with one attached hydrogen (secondary N) is 1. The Kier molecular flexibility index (Phi) is 5.58. The summed E-state index contributed by atoms with van der Waals surface area (Å²) in [6, 6.07) is 0.341. The normalized spacial score (nSPS) is 21.0. The summed E-state index contributed by atoms with van der Waals surface area (Å²) in [5.41, 5.74) is 2.99. The molecule has 1 fully saturated rings. The van der Waals surface area contributed by atoms with Gasteiger partial charge in [0.15, 0.2) is 0 Å². The molecule has 3 N–H and O–H groups in total. The third-order valence-corrected chi connectivity index (χ3v) is 3.79. The molecular formula is C12H26N2O. The highest BCUT2D eigenvalue weighted by Crippen LogP contribution is 2.39. The van der Waals surface area contributed by atoms with Crippen LogP contribution in [0.3, 0.4) is 0 Å². The lowest BCUT2D eigenvalue weighted by molar-refractivity contribution is -0.100. The van der Waals surface area contributed by atoms with Crippen molar-refractivity contribution < 1.29 is 4.74 Å². The Balaban J connectivity index is 2.28. The first-order valence-corrected chi connectivity index (χ1v) is 6.30. The topological polar surface area (TPSA) is 47.3 Å². The smallest absolute Gasteiger partial charge is 0.0844 e. The SMILES string of the molecule is CCCCCCC(NN)C1(OC)CCC1. The van der Waals surface area contributed by atoms with Crippen molar-refractivity contribution in [3.05, 3.63) is 0 Å². The van der Waals surface area contributed by atoms with E-state index in [1.54, 1.807) is 0 Å². The molecule has 1 saturated carbocycles. The summed E-state index contributed by atoms with van der Waals surface area (Å²) in [4.78, 5) is 0. The molecule has 0 aliphatic heterocycles. The molecule has 1 atom stereocenters. The van der Waals surface area contributed by atoms with Crippen molar-refractivity contribution in [3.8, 4) is 0 Å². The minimum atomic E-state index is 0.0426. The lowest BCUT2D eigenvalue weighted by atomic mass is 9.73. The zero-order chi connectivity index (χ0) is 11.1. The second kappa shape index (κ2) is 6.46. The Labute approximate surface area is 93.7 Å². The molecule has 0 amide bonds. The number of hydrogen-bond acceptors (Lipinski definition) is 3. The Hall–Kier alpha value is -0.120. The molecule has 3 nitrogen and oxygen atoms in total. The van der Waals surface area contributed by atoms with E-state index < -0.39 is 0 Å². The second-order valence-corrected chi connectivity index (χ2v) is 4.69. The summed E-state index contributed by atoms with van der Waals surface area (Å²) in [7, 11) is 1.82. The first-order chi connectivity index (χ1) is 7.29. The Morgan fingerprint density at radius 2 is 2.07 bits per heavy atom. The number of rotatable bonds is 8. The van der Waals surface area contributed by atoms with Crippen LogP contribution >= 0.6 is 0 Å². The summed E-state index contributed by atoms with van der Waals surface area (Å²) in [6.45, 7) is 2.24. The zero-order valence-electron chi connectivity index (χ0n) is 10.2.